The predicted molar refractivity (Wildman–Crippen MR) is 66.2 cm³/mol. The van der Waals surface area contributed by atoms with Gasteiger partial charge in [0, 0.05) is 0 Å². The number of benzene rings is 1. The van der Waals surface area contributed by atoms with Crippen LogP contribution in [0.5, 0.6) is 0 Å². The molecule has 0 aliphatic carbocycles. The number of allylic oxidation sites excluding steroid dienone is 2. The standard InChI is InChI=1S/C14H13NO2/c1-2-11-6-8-12(9-7-11)4-3-5-13(10-15)14(16)17/h3-9H,2H2,1H3,(H,16,17). The summed E-state index contributed by atoms with van der Waals surface area (Å²) in [5.41, 5.74) is 1.95. The van der Waals surface area contributed by atoms with Gasteiger partial charge in [-0.2, -0.15) is 5.26 Å². The van der Waals surface area contributed by atoms with Gasteiger partial charge in [0.05, 0.1) is 0 Å². The van der Waals surface area contributed by atoms with Gasteiger partial charge in [-0.1, -0.05) is 43.3 Å². The van der Waals surface area contributed by atoms with Crippen LogP contribution in [0, 0.1) is 11.3 Å². The van der Waals surface area contributed by atoms with Crippen molar-refractivity contribution in [3.63, 3.8) is 0 Å². The Labute approximate surface area is 100 Å². The van der Waals surface area contributed by atoms with Gasteiger partial charge in [-0.25, -0.2) is 4.79 Å². The molecule has 0 saturated heterocycles. The van der Waals surface area contributed by atoms with Crippen LogP contribution >= 0.6 is 0 Å². The second-order valence-electron chi connectivity index (χ2n) is 3.45. The largest absolute Gasteiger partial charge is 0.477 e. The van der Waals surface area contributed by atoms with Crippen LogP contribution in [-0.2, 0) is 11.2 Å². The lowest BCUT2D eigenvalue weighted by atomic mass is 10.1. The lowest BCUT2D eigenvalue weighted by Crippen LogP contribution is -1.96. The second-order valence-corrected chi connectivity index (χ2v) is 3.45. The molecular formula is C14H13NO2. The van der Waals surface area contributed by atoms with Crippen molar-refractivity contribution in [3.8, 4) is 6.07 Å². The first-order valence-electron chi connectivity index (χ1n) is 5.28. The topological polar surface area (TPSA) is 61.1 Å². The van der Waals surface area contributed by atoms with E-state index >= 15 is 0 Å². The van der Waals surface area contributed by atoms with Crippen molar-refractivity contribution in [1.82, 2.24) is 0 Å². The Morgan fingerprint density at radius 3 is 2.53 bits per heavy atom. The van der Waals surface area contributed by atoms with Crippen LogP contribution < -0.4 is 0 Å². The zero-order valence-corrected chi connectivity index (χ0v) is 9.55. The summed E-state index contributed by atoms with van der Waals surface area (Å²) in [6.45, 7) is 2.08. The highest BCUT2D eigenvalue weighted by Gasteiger charge is 2.02. The molecule has 86 valence electrons. The van der Waals surface area contributed by atoms with E-state index in [1.807, 2.05) is 24.3 Å². The molecular weight excluding hydrogens is 214 g/mol. The maximum atomic E-state index is 10.5. The van der Waals surface area contributed by atoms with E-state index < -0.39 is 5.97 Å². The van der Waals surface area contributed by atoms with Crippen molar-refractivity contribution in [2.75, 3.05) is 0 Å². The molecule has 1 N–H and O–H groups in total. The number of nitriles is 1. The van der Waals surface area contributed by atoms with E-state index in [0.29, 0.717) is 0 Å². The molecule has 0 fully saturated rings. The maximum absolute atomic E-state index is 10.5. The molecule has 1 rings (SSSR count). The number of aryl methyl sites for hydroxylation is 1. The smallest absolute Gasteiger partial charge is 0.346 e. The SMILES string of the molecule is CCc1ccc(C=CC=C(C#N)C(=O)O)cc1. The molecule has 0 unspecified atom stereocenters. The number of hydrogen-bond donors (Lipinski definition) is 1. The van der Waals surface area contributed by atoms with Gasteiger partial charge >= 0.3 is 5.97 Å². The molecule has 0 bridgehead atoms. The minimum atomic E-state index is -1.21. The third kappa shape index (κ3) is 3.96. The Morgan fingerprint density at radius 2 is 2.06 bits per heavy atom. The van der Waals surface area contributed by atoms with Gasteiger partial charge in [0.2, 0.25) is 0 Å². The number of aliphatic carboxylic acids is 1. The highest BCUT2D eigenvalue weighted by molar-refractivity contribution is 5.91. The average molecular weight is 227 g/mol. The molecule has 0 amide bonds. The Kier molecular flexibility index (Phi) is 4.71. The summed E-state index contributed by atoms with van der Waals surface area (Å²) in [5, 5.41) is 17.1. The van der Waals surface area contributed by atoms with Crippen molar-refractivity contribution in [1.29, 1.82) is 5.26 Å². The van der Waals surface area contributed by atoms with Crippen LogP contribution in [0.4, 0.5) is 0 Å². The number of rotatable bonds is 4. The van der Waals surface area contributed by atoms with Crippen LogP contribution in [0.2, 0.25) is 0 Å². The van der Waals surface area contributed by atoms with Crippen molar-refractivity contribution >= 4 is 12.0 Å². The third-order valence-electron chi connectivity index (χ3n) is 2.29. The van der Waals surface area contributed by atoms with E-state index in [4.69, 9.17) is 10.4 Å². The van der Waals surface area contributed by atoms with E-state index in [1.54, 1.807) is 18.2 Å². The summed E-state index contributed by atoms with van der Waals surface area (Å²) in [7, 11) is 0. The second kappa shape index (κ2) is 6.29. The van der Waals surface area contributed by atoms with Gasteiger partial charge in [0.1, 0.15) is 11.6 Å². The van der Waals surface area contributed by atoms with Crippen molar-refractivity contribution in [2.45, 2.75) is 13.3 Å². The zero-order chi connectivity index (χ0) is 12.7. The van der Waals surface area contributed by atoms with Gasteiger partial charge in [0.25, 0.3) is 0 Å². The van der Waals surface area contributed by atoms with E-state index in [0.717, 1.165) is 12.0 Å². The molecule has 17 heavy (non-hydrogen) atoms. The van der Waals surface area contributed by atoms with E-state index in [2.05, 4.69) is 6.92 Å². The summed E-state index contributed by atoms with van der Waals surface area (Å²) >= 11 is 0. The first kappa shape index (κ1) is 12.7. The van der Waals surface area contributed by atoms with Crippen LogP contribution in [0.1, 0.15) is 18.1 Å². The molecule has 0 radical (unpaired) electrons. The zero-order valence-electron chi connectivity index (χ0n) is 9.55. The average Bonchev–Trinajstić information content (AvgIpc) is 2.35. The van der Waals surface area contributed by atoms with Crippen molar-refractivity contribution in [3.05, 3.63) is 53.1 Å². The van der Waals surface area contributed by atoms with Gasteiger partial charge in [-0.15, -0.1) is 0 Å². The fourth-order valence-corrected chi connectivity index (χ4v) is 1.28. The lowest BCUT2D eigenvalue weighted by Gasteiger charge is -1.96. The van der Waals surface area contributed by atoms with Gasteiger partial charge in [-0.05, 0) is 23.6 Å². The molecule has 0 saturated carbocycles. The number of carbonyl (C=O) groups is 1. The molecule has 1 aromatic carbocycles. The maximum Gasteiger partial charge on any atom is 0.346 e. The molecule has 1 aromatic rings. The van der Waals surface area contributed by atoms with Crippen LogP contribution in [0.15, 0.2) is 42.0 Å². The summed E-state index contributed by atoms with van der Waals surface area (Å²) in [6.07, 6.45) is 5.60. The number of hydrogen-bond acceptors (Lipinski definition) is 2. The van der Waals surface area contributed by atoms with Gasteiger partial charge in [0.15, 0.2) is 0 Å². The van der Waals surface area contributed by atoms with Crippen LogP contribution in [0.3, 0.4) is 0 Å². The van der Waals surface area contributed by atoms with Crippen LogP contribution in [-0.4, -0.2) is 11.1 Å². The third-order valence-corrected chi connectivity index (χ3v) is 2.29. The van der Waals surface area contributed by atoms with Crippen LogP contribution in [0.25, 0.3) is 6.08 Å². The van der Waals surface area contributed by atoms with E-state index in [1.165, 1.54) is 11.6 Å². The molecule has 0 spiro atoms. The Morgan fingerprint density at radius 1 is 1.41 bits per heavy atom. The fraction of sp³-hybridized carbons (Fsp3) is 0.143. The first-order chi connectivity index (χ1) is 8.17. The quantitative estimate of drug-likeness (QED) is 0.488. The van der Waals surface area contributed by atoms with Crippen molar-refractivity contribution < 1.29 is 9.90 Å². The number of carboxylic acid groups (broad SMARTS) is 1. The molecule has 0 aromatic heterocycles. The summed E-state index contributed by atoms with van der Waals surface area (Å²) < 4.78 is 0. The molecule has 3 heteroatoms. The minimum Gasteiger partial charge on any atom is -0.477 e. The first-order valence-corrected chi connectivity index (χ1v) is 5.28. The molecule has 0 atom stereocenters. The normalized spacial score (nSPS) is 11.4. The Balaban J connectivity index is 2.77. The molecule has 0 aliphatic rings. The van der Waals surface area contributed by atoms with Gasteiger partial charge in [-0.3, -0.25) is 0 Å². The molecule has 3 nitrogen and oxygen atoms in total. The predicted octanol–water partition coefficient (Wildman–Crippen LogP) is 2.80. The lowest BCUT2D eigenvalue weighted by molar-refractivity contribution is -0.132. The molecule has 0 aliphatic heterocycles. The summed E-state index contributed by atoms with van der Waals surface area (Å²) in [6, 6.07) is 9.56. The molecule has 0 heterocycles. The Bertz CT molecular complexity index is 490. The highest BCUT2D eigenvalue weighted by Crippen LogP contribution is 2.07. The number of carboxylic acids is 1. The summed E-state index contributed by atoms with van der Waals surface area (Å²) in [5.74, 6) is -1.21. The summed E-state index contributed by atoms with van der Waals surface area (Å²) in [4.78, 5) is 10.5. The van der Waals surface area contributed by atoms with Gasteiger partial charge < -0.3 is 5.11 Å². The Hall–Kier alpha value is -2.34. The monoisotopic (exact) mass is 227 g/mol. The minimum absolute atomic E-state index is 0.272. The van der Waals surface area contributed by atoms with E-state index in [-0.39, 0.29) is 5.57 Å². The highest BCUT2D eigenvalue weighted by atomic mass is 16.4. The van der Waals surface area contributed by atoms with E-state index in [9.17, 15) is 4.79 Å². The van der Waals surface area contributed by atoms with Crippen molar-refractivity contribution in [2.24, 2.45) is 0 Å². The number of nitrogens with zero attached hydrogens (tertiary/aromatic N) is 1. The fourth-order valence-electron chi connectivity index (χ4n) is 1.28.